The van der Waals surface area contributed by atoms with E-state index in [-0.39, 0.29) is 11.3 Å². The van der Waals surface area contributed by atoms with Crippen molar-refractivity contribution in [1.29, 1.82) is 0 Å². The molecule has 2 heterocycles. The van der Waals surface area contributed by atoms with Gasteiger partial charge in [-0.2, -0.15) is 4.52 Å². The van der Waals surface area contributed by atoms with E-state index >= 15 is 0 Å². The van der Waals surface area contributed by atoms with Crippen molar-refractivity contribution in [3.05, 3.63) is 16.6 Å². The summed E-state index contributed by atoms with van der Waals surface area (Å²) in [7, 11) is 1.40. The first-order valence-electron chi connectivity index (χ1n) is 3.40. The zero-order valence-electron chi connectivity index (χ0n) is 6.72. The average Bonchev–Trinajstić information content (AvgIpc) is 2.47. The summed E-state index contributed by atoms with van der Waals surface area (Å²) in [5.74, 6) is 0.155. The Bertz CT molecular complexity index is 503. The lowest BCUT2D eigenvalue weighted by Gasteiger charge is -1.95. The molecule has 0 fully saturated rings. The Morgan fingerprint density at radius 2 is 2.46 bits per heavy atom. The molecule has 68 valence electrons. The van der Waals surface area contributed by atoms with Crippen LogP contribution in [0.3, 0.4) is 0 Å². The number of nitrogen functional groups attached to an aromatic ring is 1. The van der Waals surface area contributed by atoms with Gasteiger partial charge in [0.05, 0.1) is 13.3 Å². The van der Waals surface area contributed by atoms with Gasteiger partial charge >= 0.3 is 5.56 Å². The molecular weight excluding hydrogens is 192 g/mol. The van der Waals surface area contributed by atoms with E-state index in [1.807, 2.05) is 0 Å². The third-order valence-corrected chi connectivity index (χ3v) is 2.24. The van der Waals surface area contributed by atoms with Crippen LogP contribution >= 0.6 is 11.3 Å². The molecule has 0 aliphatic carbocycles. The van der Waals surface area contributed by atoms with E-state index in [1.165, 1.54) is 13.3 Å². The molecule has 0 aliphatic heterocycles. The first-order valence-corrected chi connectivity index (χ1v) is 4.22. The molecule has 0 aliphatic rings. The highest BCUT2D eigenvalue weighted by molar-refractivity contribution is 7.20. The number of methoxy groups -OCH3 is 1. The Balaban J connectivity index is 2.86. The lowest BCUT2D eigenvalue weighted by Crippen LogP contribution is -2.16. The van der Waals surface area contributed by atoms with Crippen molar-refractivity contribution in [3.8, 4) is 5.75 Å². The minimum absolute atomic E-state index is 0.155. The number of anilines is 1. The topological polar surface area (TPSA) is 82.5 Å². The van der Waals surface area contributed by atoms with E-state index in [1.54, 1.807) is 0 Å². The molecule has 13 heavy (non-hydrogen) atoms. The molecule has 0 spiro atoms. The van der Waals surface area contributed by atoms with Crippen molar-refractivity contribution in [2.45, 2.75) is 0 Å². The van der Waals surface area contributed by atoms with Crippen LogP contribution < -0.4 is 16.0 Å². The highest BCUT2D eigenvalue weighted by Gasteiger charge is 2.07. The Morgan fingerprint density at radius 3 is 3.15 bits per heavy atom. The van der Waals surface area contributed by atoms with Crippen LogP contribution in [0.1, 0.15) is 0 Å². The van der Waals surface area contributed by atoms with Crippen molar-refractivity contribution >= 4 is 21.4 Å². The molecule has 0 radical (unpaired) electrons. The molecule has 2 N–H and O–H groups in total. The minimum atomic E-state index is -0.347. The van der Waals surface area contributed by atoms with Crippen LogP contribution in [0.5, 0.6) is 5.75 Å². The molecule has 0 saturated heterocycles. The Kier molecular flexibility index (Phi) is 1.66. The van der Waals surface area contributed by atoms with Crippen LogP contribution in [0.2, 0.25) is 0 Å². The van der Waals surface area contributed by atoms with Gasteiger partial charge in [-0.1, -0.05) is 11.3 Å². The van der Waals surface area contributed by atoms with Crippen LogP contribution in [-0.2, 0) is 0 Å². The number of fused-ring (bicyclic) bond motifs is 1. The highest BCUT2D eigenvalue weighted by atomic mass is 32.1. The van der Waals surface area contributed by atoms with Crippen molar-refractivity contribution < 1.29 is 4.74 Å². The van der Waals surface area contributed by atoms with Crippen LogP contribution in [0.25, 0.3) is 4.96 Å². The minimum Gasteiger partial charge on any atom is -0.490 e. The van der Waals surface area contributed by atoms with E-state index in [4.69, 9.17) is 10.5 Å². The Labute approximate surface area is 76.6 Å². The Hall–Kier alpha value is -1.63. The summed E-state index contributed by atoms with van der Waals surface area (Å²) in [5, 5.41) is 4.08. The molecule has 0 aromatic carbocycles. The highest BCUT2D eigenvalue weighted by Crippen LogP contribution is 2.13. The van der Waals surface area contributed by atoms with Gasteiger partial charge in [0, 0.05) is 0 Å². The SMILES string of the molecule is COc1cnc2sc(N)nn2c1=O. The van der Waals surface area contributed by atoms with Crippen LogP contribution in [0.15, 0.2) is 11.0 Å². The van der Waals surface area contributed by atoms with Gasteiger partial charge < -0.3 is 10.5 Å². The fourth-order valence-corrected chi connectivity index (χ4v) is 1.55. The van der Waals surface area contributed by atoms with E-state index < -0.39 is 0 Å². The second-order valence-electron chi connectivity index (χ2n) is 2.27. The van der Waals surface area contributed by atoms with Crippen LogP contribution in [0, 0.1) is 0 Å². The fourth-order valence-electron chi connectivity index (χ4n) is 0.925. The molecule has 0 amide bonds. The van der Waals surface area contributed by atoms with Gasteiger partial charge in [-0.25, -0.2) is 4.98 Å². The van der Waals surface area contributed by atoms with Crippen molar-refractivity contribution in [3.63, 3.8) is 0 Å². The molecule has 7 heteroatoms. The summed E-state index contributed by atoms with van der Waals surface area (Å²) in [4.78, 5) is 15.9. The predicted molar refractivity (Wildman–Crippen MR) is 48.1 cm³/mol. The first-order chi connectivity index (χ1) is 6.22. The zero-order valence-corrected chi connectivity index (χ0v) is 7.54. The number of aromatic nitrogens is 3. The van der Waals surface area contributed by atoms with Gasteiger partial charge in [0.2, 0.25) is 15.8 Å². The fraction of sp³-hybridized carbons (Fsp3) is 0.167. The normalized spacial score (nSPS) is 10.5. The van der Waals surface area contributed by atoms with Crippen LogP contribution in [0.4, 0.5) is 5.13 Å². The molecule has 2 aromatic rings. The molecular formula is C6H6N4O2S. The third-order valence-electron chi connectivity index (χ3n) is 1.49. The van der Waals surface area contributed by atoms with Crippen molar-refractivity contribution in [1.82, 2.24) is 14.6 Å². The summed E-state index contributed by atoms with van der Waals surface area (Å²) >= 11 is 1.15. The number of hydrogen-bond donors (Lipinski definition) is 1. The van der Waals surface area contributed by atoms with Gasteiger partial charge in [-0.3, -0.25) is 4.79 Å². The number of hydrogen-bond acceptors (Lipinski definition) is 6. The molecule has 0 bridgehead atoms. The lowest BCUT2D eigenvalue weighted by molar-refractivity contribution is 0.404. The van der Waals surface area contributed by atoms with Gasteiger partial charge in [0.1, 0.15) is 0 Å². The largest absolute Gasteiger partial charge is 0.490 e. The van der Waals surface area contributed by atoms with Gasteiger partial charge in [0.25, 0.3) is 0 Å². The van der Waals surface area contributed by atoms with E-state index in [0.717, 1.165) is 15.9 Å². The summed E-state index contributed by atoms with van der Waals surface area (Å²) < 4.78 is 5.91. The predicted octanol–water partition coefficient (Wildman–Crippen LogP) is -0.258. The summed E-state index contributed by atoms with van der Waals surface area (Å²) in [5.41, 5.74) is 5.07. The van der Waals surface area contributed by atoms with Gasteiger partial charge in [0.15, 0.2) is 0 Å². The maximum atomic E-state index is 11.5. The van der Waals surface area contributed by atoms with Crippen molar-refractivity contribution in [2.24, 2.45) is 0 Å². The van der Waals surface area contributed by atoms with E-state index in [9.17, 15) is 4.79 Å². The number of nitrogens with two attached hydrogens (primary N) is 1. The maximum absolute atomic E-state index is 11.5. The maximum Gasteiger partial charge on any atom is 0.317 e. The molecule has 2 aromatic heterocycles. The van der Waals surface area contributed by atoms with Gasteiger partial charge in [-0.05, 0) is 0 Å². The average molecular weight is 198 g/mol. The van der Waals surface area contributed by atoms with Gasteiger partial charge in [-0.15, -0.1) is 5.10 Å². The Morgan fingerprint density at radius 1 is 1.69 bits per heavy atom. The molecule has 2 rings (SSSR count). The zero-order chi connectivity index (χ0) is 9.42. The van der Waals surface area contributed by atoms with Crippen molar-refractivity contribution in [2.75, 3.05) is 12.8 Å². The van der Waals surface area contributed by atoms with E-state index in [0.29, 0.717) is 10.1 Å². The lowest BCUT2D eigenvalue weighted by atomic mass is 10.6. The van der Waals surface area contributed by atoms with Crippen LogP contribution in [-0.4, -0.2) is 21.7 Å². The smallest absolute Gasteiger partial charge is 0.317 e. The standard InChI is InChI=1S/C6H6N4O2S/c1-12-3-2-8-6-10(4(3)11)9-5(7)13-6/h2H,1H3,(H2,7,9). The second kappa shape index (κ2) is 2.70. The third kappa shape index (κ3) is 1.13. The quantitative estimate of drug-likeness (QED) is 0.682. The molecule has 0 atom stereocenters. The molecule has 0 unspecified atom stereocenters. The molecule has 6 nitrogen and oxygen atoms in total. The second-order valence-corrected chi connectivity index (χ2v) is 3.25. The number of rotatable bonds is 1. The first kappa shape index (κ1) is 7.99. The monoisotopic (exact) mass is 198 g/mol. The molecule has 0 saturated carbocycles. The summed E-state index contributed by atoms with van der Waals surface area (Å²) in [6.07, 6.45) is 1.36. The van der Waals surface area contributed by atoms with E-state index in [2.05, 4.69) is 10.1 Å². The number of nitrogens with zero attached hydrogens (tertiary/aromatic N) is 3. The number of ether oxygens (including phenoxy) is 1. The summed E-state index contributed by atoms with van der Waals surface area (Å²) in [6.45, 7) is 0. The summed E-state index contributed by atoms with van der Waals surface area (Å²) in [6, 6.07) is 0.